The molecule has 0 aromatic rings. The van der Waals surface area contributed by atoms with Crippen LogP contribution in [0.15, 0.2) is 35.6 Å². The van der Waals surface area contributed by atoms with Crippen molar-refractivity contribution in [1.82, 2.24) is 20.5 Å². The van der Waals surface area contributed by atoms with E-state index in [-0.39, 0.29) is 23.9 Å². The molecule has 2 N–H and O–H groups in total. The maximum absolute atomic E-state index is 12.6. The van der Waals surface area contributed by atoms with Gasteiger partial charge in [-0.3, -0.25) is 20.2 Å². The van der Waals surface area contributed by atoms with Gasteiger partial charge in [-0.25, -0.2) is 5.01 Å². The van der Waals surface area contributed by atoms with Crippen molar-refractivity contribution < 1.29 is 19.8 Å². The lowest BCUT2D eigenvalue weighted by atomic mass is 9.94. The second kappa shape index (κ2) is 9.45. The largest absolute Gasteiger partial charge is 0.550 e. The van der Waals surface area contributed by atoms with Crippen molar-refractivity contribution in [3.05, 3.63) is 35.6 Å². The molecule has 2 aliphatic heterocycles. The van der Waals surface area contributed by atoms with Crippen molar-refractivity contribution in [1.29, 1.82) is 0 Å². The van der Waals surface area contributed by atoms with Crippen molar-refractivity contribution in [2.24, 2.45) is 0 Å². The molecule has 4 rings (SSSR count). The molecule has 8 nitrogen and oxygen atoms in total. The van der Waals surface area contributed by atoms with Crippen LogP contribution in [-0.2, 0) is 9.59 Å². The first-order valence-corrected chi connectivity index (χ1v) is 11.0. The van der Waals surface area contributed by atoms with Gasteiger partial charge in [0.1, 0.15) is 0 Å². The van der Waals surface area contributed by atoms with Gasteiger partial charge in [-0.1, -0.05) is 45.1 Å². The molecular formula is C22H33N4O4-. The van der Waals surface area contributed by atoms with E-state index in [2.05, 4.69) is 12.0 Å². The molecule has 0 unspecified atom stereocenters. The molecule has 4 aliphatic rings. The summed E-state index contributed by atoms with van der Waals surface area (Å²) in [6.07, 6.45) is 13.4. The first-order valence-electron chi connectivity index (χ1n) is 11.0. The predicted molar refractivity (Wildman–Crippen MR) is 111 cm³/mol. The van der Waals surface area contributed by atoms with Gasteiger partial charge in [0, 0.05) is 12.9 Å². The molecule has 0 aromatic heterocycles. The van der Waals surface area contributed by atoms with Crippen LogP contribution >= 0.6 is 0 Å². The number of allylic oxidation sites excluding steroid dienone is 1. The fourth-order valence-corrected chi connectivity index (χ4v) is 4.88. The number of carboxylic acid groups (broad SMARTS) is 1. The van der Waals surface area contributed by atoms with Crippen LogP contribution in [0, 0.1) is 0 Å². The highest BCUT2D eigenvalue weighted by atomic mass is 16.4. The van der Waals surface area contributed by atoms with Crippen molar-refractivity contribution in [3.63, 3.8) is 0 Å². The van der Waals surface area contributed by atoms with Crippen LogP contribution in [0.2, 0.25) is 0 Å². The van der Waals surface area contributed by atoms with E-state index in [0.717, 1.165) is 44.0 Å². The van der Waals surface area contributed by atoms with E-state index in [1.54, 1.807) is 11.9 Å². The van der Waals surface area contributed by atoms with Gasteiger partial charge in [0.25, 0.3) is 0 Å². The molecule has 0 radical (unpaired) electrons. The number of carbonyl (C=O) groups is 2. The van der Waals surface area contributed by atoms with Crippen molar-refractivity contribution >= 4 is 11.9 Å². The summed E-state index contributed by atoms with van der Waals surface area (Å²) in [6, 6.07) is 0.537. The highest BCUT2D eigenvalue weighted by Crippen LogP contribution is 2.39. The van der Waals surface area contributed by atoms with Crippen molar-refractivity contribution in [2.75, 3.05) is 0 Å². The molecule has 0 aromatic carbocycles. The highest BCUT2D eigenvalue weighted by molar-refractivity contribution is 5.77. The molecule has 2 heterocycles. The molecule has 1 amide bonds. The van der Waals surface area contributed by atoms with E-state index < -0.39 is 5.97 Å². The summed E-state index contributed by atoms with van der Waals surface area (Å²) in [7, 11) is 0. The van der Waals surface area contributed by atoms with Gasteiger partial charge < -0.3 is 15.0 Å². The quantitative estimate of drug-likeness (QED) is 0.712. The Morgan fingerprint density at radius 1 is 1.03 bits per heavy atom. The van der Waals surface area contributed by atoms with Gasteiger partial charge in [-0.2, -0.15) is 0 Å². The molecule has 0 atom stereocenters. The average molecular weight is 418 g/mol. The minimum Gasteiger partial charge on any atom is -0.550 e. The monoisotopic (exact) mass is 417 g/mol. The molecule has 2 saturated carbocycles. The van der Waals surface area contributed by atoms with Crippen LogP contribution in [0.4, 0.5) is 0 Å². The van der Waals surface area contributed by atoms with E-state index >= 15 is 0 Å². The van der Waals surface area contributed by atoms with Crippen LogP contribution in [0.25, 0.3) is 0 Å². The molecule has 0 spiro atoms. The molecule has 30 heavy (non-hydrogen) atoms. The number of amides is 1. The summed E-state index contributed by atoms with van der Waals surface area (Å²) in [5.41, 5.74) is 5.52. The number of fused-ring (bicyclic) bond motifs is 1. The number of carbonyl (C=O) groups excluding carboxylic acids is 2. The molecule has 0 saturated heterocycles. The molecular weight excluding hydrogens is 384 g/mol. The van der Waals surface area contributed by atoms with Crippen molar-refractivity contribution in [3.8, 4) is 0 Å². The zero-order valence-corrected chi connectivity index (χ0v) is 18.0. The molecule has 0 bridgehead atoms. The molecule has 166 valence electrons. The minimum atomic E-state index is -1.08. The second-order valence-corrected chi connectivity index (χ2v) is 8.45. The van der Waals surface area contributed by atoms with Gasteiger partial charge in [0.15, 0.2) is 5.70 Å². The van der Waals surface area contributed by atoms with Gasteiger partial charge in [-0.15, -0.1) is 0 Å². The first kappa shape index (κ1) is 22.1. The Balaban J connectivity index is 0.000000589. The zero-order chi connectivity index (χ0) is 21.8. The normalized spacial score (nSPS) is 22.8. The first-order chi connectivity index (χ1) is 14.3. The second-order valence-electron chi connectivity index (χ2n) is 8.45. The Kier molecular flexibility index (Phi) is 6.95. The average Bonchev–Trinajstić information content (AvgIpc) is 3.03. The Bertz CT molecular complexity index is 744. The fraction of sp³-hybridized carbons (Fsp3) is 0.636. The van der Waals surface area contributed by atoms with E-state index in [0.29, 0.717) is 5.70 Å². The smallest absolute Gasteiger partial charge is 0.242 e. The van der Waals surface area contributed by atoms with E-state index in [1.165, 1.54) is 38.5 Å². The number of aliphatic carboxylic acids is 1. The summed E-state index contributed by atoms with van der Waals surface area (Å²) in [5.74, 6) is -0.997. The Hall–Kier alpha value is -2.64. The van der Waals surface area contributed by atoms with E-state index in [9.17, 15) is 9.90 Å². The van der Waals surface area contributed by atoms with Gasteiger partial charge in [0.05, 0.1) is 23.5 Å². The Morgan fingerprint density at radius 2 is 1.53 bits per heavy atom. The van der Waals surface area contributed by atoms with Gasteiger partial charge >= 0.3 is 0 Å². The molecule has 2 aliphatic carbocycles. The summed E-state index contributed by atoms with van der Waals surface area (Å²) in [4.78, 5) is 21.5. The van der Waals surface area contributed by atoms with Crippen LogP contribution < -0.4 is 10.5 Å². The van der Waals surface area contributed by atoms with Crippen LogP contribution in [0.3, 0.4) is 0 Å². The number of hydrazine groups is 2. The third kappa shape index (κ3) is 4.57. The van der Waals surface area contributed by atoms with Crippen LogP contribution in [0.1, 0.15) is 78.1 Å². The lowest BCUT2D eigenvalue weighted by Gasteiger charge is -2.45. The molecule has 8 heteroatoms. The van der Waals surface area contributed by atoms with Crippen molar-refractivity contribution in [2.45, 2.75) is 90.1 Å². The summed E-state index contributed by atoms with van der Waals surface area (Å²) < 4.78 is 0. The number of aliphatic hydroxyl groups is 1. The minimum absolute atomic E-state index is 0.0869. The molecule has 2 fully saturated rings. The zero-order valence-electron chi connectivity index (χ0n) is 18.0. The van der Waals surface area contributed by atoms with Crippen LogP contribution in [-0.4, -0.2) is 44.1 Å². The number of hydrogen-bond acceptors (Lipinski definition) is 7. The Labute approximate surface area is 178 Å². The lowest BCUT2D eigenvalue weighted by molar-refractivity contribution is -0.302. The number of hydrogen-bond donors (Lipinski definition) is 2. The van der Waals surface area contributed by atoms with Crippen LogP contribution in [0.5, 0.6) is 0 Å². The maximum atomic E-state index is 12.6. The number of aliphatic hydroxyl groups excluding tert-OH is 1. The topological polar surface area (TPSA) is 99.2 Å². The maximum Gasteiger partial charge on any atom is 0.242 e. The van der Waals surface area contributed by atoms with E-state index in [1.807, 2.05) is 16.1 Å². The summed E-state index contributed by atoms with van der Waals surface area (Å²) in [5, 5.41) is 25.4. The Morgan fingerprint density at radius 3 is 2.03 bits per heavy atom. The standard InChI is InChI=1S/C20H30N4O2.C2H4O2/c1-14-13-18-19(20(26)22(21-18)16-9-5-3-6-10-16)24(15(2)25)23(14)17-11-7-4-8-12-17;1-2(3)4/h13,16-17,21,26H,1,3-12H2,2H3;1H3,(H,3,4)/p-1. The predicted octanol–water partition coefficient (Wildman–Crippen LogP) is 2.43. The van der Waals surface area contributed by atoms with E-state index in [4.69, 9.17) is 9.90 Å². The SMILES string of the molecule is C=C1C=C2NN(C3CCCCC3)C(O)=C2N(C(C)=O)N1C1CCCCC1.CC(=O)[O-]. The third-order valence-corrected chi connectivity index (χ3v) is 6.13. The summed E-state index contributed by atoms with van der Waals surface area (Å²) in [6.45, 7) is 6.76. The number of rotatable bonds is 2. The van der Waals surface area contributed by atoms with Gasteiger partial charge in [-0.05, 0) is 38.7 Å². The van der Waals surface area contributed by atoms with Gasteiger partial charge in [0.2, 0.25) is 11.8 Å². The third-order valence-electron chi connectivity index (χ3n) is 6.13. The fourth-order valence-electron chi connectivity index (χ4n) is 4.88. The number of carboxylic acids is 1. The number of nitrogens with one attached hydrogen (secondary N) is 1. The highest BCUT2D eigenvalue weighted by Gasteiger charge is 2.43. The lowest BCUT2D eigenvalue weighted by Crippen LogP contribution is -2.52. The summed E-state index contributed by atoms with van der Waals surface area (Å²) >= 11 is 0. The number of nitrogens with zero attached hydrogens (tertiary/aromatic N) is 3.